The van der Waals surface area contributed by atoms with Crippen molar-refractivity contribution in [2.24, 2.45) is 11.8 Å². The number of nitrogens with zero attached hydrogens (tertiary/aromatic N) is 4. The lowest BCUT2D eigenvalue weighted by molar-refractivity contribution is -0.137. The number of allylic oxidation sites excluding steroid dienone is 2. The van der Waals surface area contributed by atoms with Gasteiger partial charge in [-0.2, -0.15) is 10.1 Å². The van der Waals surface area contributed by atoms with Gasteiger partial charge in [0.2, 0.25) is 11.9 Å². The number of nitrogens with one attached hydrogen (secondary N) is 1. The molecule has 0 saturated carbocycles. The standard InChI is InChI=1S/C18H25F2N5O/c19-16(20)15-10-14(23-18-21-11-22-25(15)18)12-6-8-24(9-7-12)17(26)13-4-2-1-3-5-13/h1-2,11-16H,3-10H2,(H,21,22,23)/t13-,14+,15-/m1/s1. The highest BCUT2D eigenvalue weighted by molar-refractivity contribution is 5.79. The lowest BCUT2D eigenvalue weighted by Gasteiger charge is -2.40. The van der Waals surface area contributed by atoms with Crippen LogP contribution < -0.4 is 5.32 Å². The quantitative estimate of drug-likeness (QED) is 0.837. The molecule has 1 fully saturated rings. The SMILES string of the molecule is O=C([C@@H]1CC=CCC1)N1CCC([C@@H]2C[C@H](C(F)F)n3ncnc3N2)CC1. The van der Waals surface area contributed by atoms with Crippen LogP contribution in [-0.4, -0.2) is 51.1 Å². The number of likely N-dealkylation sites (tertiary alicyclic amines) is 1. The smallest absolute Gasteiger partial charge is 0.260 e. The van der Waals surface area contributed by atoms with E-state index >= 15 is 0 Å². The first-order chi connectivity index (χ1) is 12.6. The van der Waals surface area contributed by atoms with Crippen LogP contribution in [0.2, 0.25) is 0 Å². The molecule has 142 valence electrons. The fourth-order valence-corrected chi connectivity index (χ4v) is 4.50. The third-order valence-corrected chi connectivity index (χ3v) is 6.03. The van der Waals surface area contributed by atoms with Crippen LogP contribution in [0.1, 0.15) is 44.6 Å². The molecule has 3 heterocycles. The van der Waals surface area contributed by atoms with Gasteiger partial charge in [-0.3, -0.25) is 4.79 Å². The zero-order chi connectivity index (χ0) is 18.1. The Balaban J connectivity index is 1.36. The summed E-state index contributed by atoms with van der Waals surface area (Å²) in [7, 11) is 0. The third-order valence-electron chi connectivity index (χ3n) is 6.03. The molecular weight excluding hydrogens is 340 g/mol. The van der Waals surface area contributed by atoms with Crippen LogP contribution in [0, 0.1) is 11.8 Å². The van der Waals surface area contributed by atoms with Gasteiger partial charge in [0, 0.05) is 25.0 Å². The van der Waals surface area contributed by atoms with Gasteiger partial charge in [-0.1, -0.05) is 12.2 Å². The molecule has 1 amide bonds. The summed E-state index contributed by atoms with van der Waals surface area (Å²) in [6, 6.07) is -0.965. The largest absolute Gasteiger partial charge is 0.351 e. The highest BCUT2D eigenvalue weighted by Crippen LogP contribution is 2.35. The second kappa shape index (κ2) is 7.32. The van der Waals surface area contributed by atoms with E-state index in [1.165, 1.54) is 11.0 Å². The second-order valence-corrected chi connectivity index (χ2v) is 7.56. The van der Waals surface area contributed by atoms with Crippen molar-refractivity contribution >= 4 is 11.9 Å². The number of piperidine rings is 1. The van der Waals surface area contributed by atoms with Crippen LogP contribution in [0.15, 0.2) is 18.5 Å². The van der Waals surface area contributed by atoms with Gasteiger partial charge in [-0.05, 0) is 44.4 Å². The van der Waals surface area contributed by atoms with Crippen molar-refractivity contribution < 1.29 is 13.6 Å². The molecule has 1 N–H and O–H groups in total. The number of alkyl halides is 2. The molecule has 6 nitrogen and oxygen atoms in total. The third kappa shape index (κ3) is 3.33. The number of aromatic nitrogens is 3. The Morgan fingerprint density at radius 3 is 2.73 bits per heavy atom. The molecule has 0 aromatic carbocycles. The predicted octanol–water partition coefficient (Wildman–Crippen LogP) is 2.86. The zero-order valence-electron chi connectivity index (χ0n) is 14.7. The van der Waals surface area contributed by atoms with Gasteiger partial charge in [0.15, 0.2) is 0 Å². The lowest BCUT2D eigenvalue weighted by atomic mass is 9.84. The minimum Gasteiger partial charge on any atom is -0.351 e. The summed E-state index contributed by atoms with van der Waals surface area (Å²) < 4.78 is 28.1. The minimum absolute atomic E-state index is 0.0411. The fourth-order valence-electron chi connectivity index (χ4n) is 4.50. The van der Waals surface area contributed by atoms with E-state index in [-0.39, 0.29) is 23.8 Å². The number of carbonyl (C=O) groups is 1. The van der Waals surface area contributed by atoms with Crippen molar-refractivity contribution in [3.05, 3.63) is 18.5 Å². The summed E-state index contributed by atoms with van der Waals surface area (Å²) in [5, 5.41) is 7.21. The zero-order valence-corrected chi connectivity index (χ0v) is 14.7. The first kappa shape index (κ1) is 17.4. The molecule has 1 aliphatic carbocycles. The maximum atomic E-state index is 13.4. The number of halogens is 2. The Morgan fingerprint density at radius 1 is 1.23 bits per heavy atom. The summed E-state index contributed by atoms with van der Waals surface area (Å²) >= 11 is 0. The molecule has 0 spiro atoms. The van der Waals surface area contributed by atoms with Crippen LogP contribution in [0.5, 0.6) is 0 Å². The fraction of sp³-hybridized carbons (Fsp3) is 0.722. The van der Waals surface area contributed by atoms with E-state index in [9.17, 15) is 13.6 Å². The first-order valence-corrected chi connectivity index (χ1v) is 9.51. The molecule has 2 aliphatic heterocycles. The van der Waals surface area contributed by atoms with E-state index in [2.05, 4.69) is 27.6 Å². The normalized spacial score (nSPS) is 29.5. The molecule has 4 rings (SSSR count). The Labute approximate surface area is 151 Å². The summed E-state index contributed by atoms with van der Waals surface area (Å²) in [4.78, 5) is 18.7. The van der Waals surface area contributed by atoms with E-state index in [1.807, 2.05) is 4.90 Å². The topological polar surface area (TPSA) is 63.1 Å². The summed E-state index contributed by atoms with van der Waals surface area (Å²) in [5.41, 5.74) is 0. The highest BCUT2D eigenvalue weighted by Gasteiger charge is 2.39. The van der Waals surface area contributed by atoms with Crippen molar-refractivity contribution in [2.45, 2.75) is 57.0 Å². The van der Waals surface area contributed by atoms with Crippen molar-refractivity contribution in [2.75, 3.05) is 18.4 Å². The molecular formula is C18H25F2N5O. The summed E-state index contributed by atoms with van der Waals surface area (Å²) in [6.07, 6.45) is 7.90. The van der Waals surface area contributed by atoms with Crippen molar-refractivity contribution in [1.29, 1.82) is 0 Å². The summed E-state index contributed by atoms with van der Waals surface area (Å²) in [6.45, 7) is 1.43. The Bertz CT molecular complexity index is 668. The molecule has 26 heavy (non-hydrogen) atoms. The van der Waals surface area contributed by atoms with E-state index in [1.54, 1.807) is 0 Å². The van der Waals surface area contributed by atoms with Crippen molar-refractivity contribution in [1.82, 2.24) is 19.7 Å². The maximum absolute atomic E-state index is 13.4. The Morgan fingerprint density at radius 2 is 2.04 bits per heavy atom. The average molecular weight is 365 g/mol. The predicted molar refractivity (Wildman–Crippen MR) is 92.9 cm³/mol. The Kier molecular flexibility index (Phi) is 4.91. The van der Waals surface area contributed by atoms with Crippen molar-refractivity contribution in [3.8, 4) is 0 Å². The number of rotatable bonds is 3. The van der Waals surface area contributed by atoms with Gasteiger partial charge in [0.1, 0.15) is 12.4 Å². The summed E-state index contributed by atoms with van der Waals surface area (Å²) in [5.74, 6) is 1.08. The molecule has 0 bridgehead atoms. The number of anilines is 1. The van der Waals surface area contributed by atoms with Crippen LogP contribution >= 0.6 is 0 Å². The van der Waals surface area contributed by atoms with Gasteiger partial charge < -0.3 is 10.2 Å². The highest BCUT2D eigenvalue weighted by atomic mass is 19.3. The van der Waals surface area contributed by atoms with Gasteiger partial charge in [-0.15, -0.1) is 0 Å². The number of fused-ring (bicyclic) bond motifs is 1. The second-order valence-electron chi connectivity index (χ2n) is 7.56. The monoisotopic (exact) mass is 365 g/mol. The van der Waals surface area contributed by atoms with Crippen LogP contribution in [-0.2, 0) is 4.79 Å². The molecule has 8 heteroatoms. The van der Waals surface area contributed by atoms with Gasteiger partial charge in [0.05, 0.1) is 0 Å². The van der Waals surface area contributed by atoms with E-state index < -0.39 is 12.5 Å². The van der Waals surface area contributed by atoms with Crippen LogP contribution in [0.25, 0.3) is 0 Å². The van der Waals surface area contributed by atoms with Gasteiger partial charge >= 0.3 is 0 Å². The molecule has 1 saturated heterocycles. The van der Waals surface area contributed by atoms with E-state index in [0.29, 0.717) is 25.5 Å². The average Bonchev–Trinajstić information content (AvgIpc) is 3.16. The first-order valence-electron chi connectivity index (χ1n) is 9.51. The molecule has 1 aromatic heterocycles. The van der Waals surface area contributed by atoms with Crippen LogP contribution in [0.4, 0.5) is 14.7 Å². The van der Waals surface area contributed by atoms with Crippen molar-refractivity contribution in [3.63, 3.8) is 0 Å². The maximum Gasteiger partial charge on any atom is 0.260 e. The van der Waals surface area contributed by atoms with Gasteiger partial charge in [-0.25, -0.2) is 13.5 Å². The molecule has 3 aliphatic rings. The Hall–Kier alpha value is -1.99. The number of hydrogen-bond donors (Lipinski definition) is 1. The van der Waals surface area contributed by atoms with E-state index in [4.69, 9.17) is 0 Å². The lowest BCUT2D eigenvalue weighted by Crippen LogP contribution is -2.47. The molecule has 1 aromatic rings. The van der Waals surface area contributed by atoms with E-state index in [0.717, 1.165) is 32.1 Å². The number of hydrogen-bond acceptors (Lipinski definition) is 4. The molecule has 0 unspecified atom stereocenters. The minimum atomic E-state index is -2.46. The number of carbonyl (C=O) groups excluding carboxylic acids is 1. The molecule has 0 radical (unpaired) electrons. The molecule has 3 atom stereocenters. The van der Waals surface area contributed by atoms with Crippen LogP contribution in [0.3, 0.4) is 0 Å². The number of amides is 1. The van der Waals surface area contributed by atoms with Gasteiger partial charge in [0.25, 0.3) is 6.43 Å².